The molecule has 4 aromatic rings. The molecule has 0 radical (unpaired) electrons. The number of aromatic nitrogens is 1. The first-order valence-corrected chi connectivity index (χ1v) is 17.1. The molecule has 47 heavy (non-hydrogen) atoms. The maximum atomic E-state index is 14.4. The third-order valence-corrected chi connectivity index (χ3v) is 10.5. The highest BCUT2D eigenvalue weighted by Crippen LogP contribution is 2.30. The summed E-state index contributed by atoms with van der Waals surface area (Å²) in [6.45, 7) is 5.00. The van der Waals surface area contributed by atoms with E-state index < -0.39 is 27.6 Å². The average molecular weight is 660 g/mol. The number of benzene rings is 3. The van der Waals surface area contributed by atoms with E-state index in [1.165, 1.54) is 34.8 Å². The second kappa shape index (κ2) is 15.1. The number of carbonyl (C=O) groups is 1. The standard InChI is InChI=1S/C36H39F2N5O3S/c1-3-25(10-13-31-22-40-14-15-43(31)47(45,46)32-19-27-6-4-5-7-34(27)41-23-32)35(21-39)42-36(44)20-33(26-8-11-29(37)12-9-26)28-16-24(2)17-30(38)18-28/h4-9,11-12,16-19,21,23,31,33,39-40H,3,10,13-15,20,22H2,1-2H3,(H,42,44)/b35-25-,39-21?/t31-,33-/m0/s1. The lowest BCUT2D eigenvalue weighted by molar-refractivity contribution is -0.120. The smallest absolute Gasteiger partial charge is 0.244 e. The van der Waals surface area contributed by atoms with E-state index in [2.05, 4.69) is 15.6 Å². The normalized spacial score (nSPS) is 16.8. The van der Waals surface area contributed by atoms with Crippen molar-refractivity contribution in [2.45, 2.75) is 56.4 Å². The number of hydrogen-bond donors (Lipinski definition) is 3. The highest BCUT2D eigenvalue weighted by atomic mass is 32.2. The number of para-hydroxylation sites is 1. The summed E-state index contributed by atoms with van der Waals surface area (Å²) in [7, 11) is -3.83. The summed E-state index contributed by atoms with van der Waals surface area (Å²) in [6, 6.07) is 19.1. The molecule has 0 spiro atoms. The summed E-state index contributed by atoms with van der Waals surface area (Å²) in [4.78, 5) is 17.9. The fourth-order valence-electron chi connectivity index (χ4n) is 6.18. The van der Waals surface area contributed by atoms with E-state index in [1.807, 2.05) is 31.2 Å². The monoisotopic (exact) mass is 659 g/mol. The van der Waals surface area contributed by atoms with Crippen LogP contribution in [0.4, 0.5) is 8.78 Å². The Hall–Kier alpha value is -4.32. The predicted octanol–water partition coefficient (Wildman–Crippen LogP) is 6.22. The Morgan fingerprint density at radius 1 is 1.09 bits per heavy atom. The lowest BCUT2D eigenvalue weighted by Gasteiger charge is -2.35. The number of allylic oxidation sites excluding steroid dienone is 2. The van der Waals surface area contributed by atoms with E-state index in [1.54, 1.807) is 31.2 Å². The maximum absolute atomic E-state index is 14.4. The topological polar surface area (TPSA) is 115 Å². The van der Waals surface area contributed by atoms with Gasteiger partial charge in [0.05, 0.1) is 11.2 Å². The van der Waals surface area contributed by atoms with Gasteiger partial charge in [-0.05, 0) is 84.8 Å². The molecule has 1 amide bonds. The number of carbonyl (C=O) groups excluding carboxylic acids is 1. The van der Waals surface area contributed by atoms with E-state index in [4.69, 9.17) is 5.41 Å². The summed E-state index contributed by atoms with van der Waals surface area (Å²) >= 11 is 0. The third kappa shape index (κ3) is 8.16. The fourth-order valence-corrected chi connectivity index (χ4v) is 7.81. The van der Waals surface area contributed by atoms with E-state index >= 15 is 0 Å². The number of halogens is 2. The molecule has 1 saturated heterocycles. The molecule has 8 nitrogen and oxygen atoms in total. The van der Waals surface area contributed by atoms with Crippen molar-refractivity contribution in [3.63, 3.8) is 0 Å². The van der Waals surface area contributed by atoms with Crippen LogP contribution in [0.5, 0.6) is 0 Å². The van der Waals surface area contributed by atoms with Gasteiger partial charge in [0.15, 0.2) is 0 Å². The molecule has 5 rings (SSSR count). The van der Waals surface area contributed by atoms with Crippen molar-refractivity contribution in [2.75, 3.05) is 19.6 Å². The number of nitrogens with one attached hydrogen (secondary N) is 3. The molecule has 1 aliphatic heterocycles. The Morgan fingerprint density at radius 3 is 2.57 bits per heavy atom. The van der Waals surface area contributed by atoms with Crippen LogP contribution in [0.2, 0.25) is 0 Å². The first-order chi connectivity index (χ1) is 22.6. The minimum absolute atomic E-state index is 0.0543. The number of fused-ring (bicyclic) bond motifs is 1. The van der Waals surface area contributed by atoms with Crippen LogP contribution in [0.1, 0.15) is 55.2 Å². The van der Waals surface area contributed by atoms with Crippen molar-refractivity contribution in [1.82, 2.24) is 19.9 Å². The largest absolute Gasteiger partial charge is 0.325 e. The van der Waals surface area contributed by atoms with Gasteiger partial charge in [-0.1, -0.05) is 43.3 Å². The molecule has 2 heterocycles. The van der Waals surface area contributed by atoms with Crippen molar-refractivity contribution in [3.05, 3.63) is 119 Å². The van der Waals surface area contributed by atoms with Gasteiger partial charge in [0.2, 0.25) is 15.9 Å². The van der Waals surface area contributed by atoms with Crippen LogP contribution >= 0.6 is 0 Å². The van der Waals surface area contributed by atoms with Gasteiger partial charge in [-0.25, -0.2) is 17.2 Å². The summed E-state index contributed by atoms with van der Waals surface area (Å²) in [5, 5.41) is 15.0. The molecule has 3 N–H and O–H groups in total. The van der Waals surface area contributed by atoms with Crippen LogP contribution in [0.25, 0.3) is 10.9 Å². The summed E-state index contributed by atoms with van der Waals surface area (Å²) in [6.07, 6.45) is 3.93. The number of rotatable bonds is 12. The molecule has 0 unspecified atom stereocenters. The van der Waals surface area contributed by atoms with Gasteiger partial charge < -0.3 is 16.0 Å². The molecule has 1 aromatic heterocycles. The van der Waals surface area contributed by atoms with Gasteiger partial charge in [-0.15, -0.1) is 0 Å². The van der Waals surface area contributed by atoms with Gasteiger partial charge in [-0.3, -0.25) is 9.78 Å². The van der Waals surface area contributed by atoms with Crippen molar-refractivity contribution in [1.29, 1.82) is 5.41 Å². The SMILES string of the molecule is CC/C(CC[C@H]1CNCCN1S(=O)(=O)c1cnc2ccccc2c1)=C(\C=N)NC(=O)C[C@@H](c1ccc(F)cc1)c1cc(C)cc(F)c1. The zero-order valence-corrected chi connectivity index (χ0v) is 27.3. The average Bonchev–Trinajstić information content (AvgIpc) is 3.06. The molecule has 11 heteroatoms. The number of sulfonamides is 1. The molecule has 0 aliphatic carbocycles. The minimum atomic E-state index is -3.83. The molecular weight excluding hydrogens is 620 g/mol. The molecule has 0 bridgehead atoms. The highest BCUT2D eigenvalue weighted by molar-refractivity contribution is 7.89. The highest BCUT2D eigenvalue weighted by Gasteiger charge is 2.34. The van der Waals surface area contributed by atoms with Gasteiger partial charge in [0.1, 0.15) is 16.5 Å². The molecule has 246 valence electrons. The number of aryl methyl sites for hydroxylation is 1. The molecule has 1 aliphatic rings. The summed E-state index contributed by atoms with van der Waals surface area (Å²) < 4.78 is 57.2. The summed E-state index contributed by atoms with van der Waals surface area (Å²) in [5.41, 5.74) is 3.83. The molecule has 1 fully saturated rings. The zero-order valence-electron chi connectivity index (χ0n) is 26.5. The number of hydrogen-bond acceptors (Lipinski definition) is 6. The Labute approximate surface area is 274 Å². The zero-order chi connectivity index (χ0) is 33.6. The van der Waals surface area contributed by atoms with Crippen LogP contribution < -0.4 is 10.6 Å². The van der Waals surface area contributed by atoms with Gasteiger partial charge in [0, 0.05) is 55.8 Å². The number of amides is 1. The van der Waals surface area contributed by atoms with Gasteiger partial charge in [0.25, 0.3) is 0 Å². The first-order valence-electron chi connectivity index (χ1n) is 15.7. The molecule has 2 atom stereocenters. The van der Waals surface area contributed by atoms with Crippen molar-refractivity contribution >= 4 is 33.0 Å². The van der Waals surface area contributed by atoms with E-state index in [0.717, 1.165) is 22.7 Å². The minimum Gasteiger partial charge on any atom is -0.325 e. The van der Waals surface area contributed by atoms with Crippen LogP contribution in [0.15, 0.2) is 95.2 Å². The van der Waals surface area contributed by atoms with Crippen LogP contribution in [-0.2, 0) is 14.8 Å². The van der Waals surface area contributed by atoms with E-state index in [0.29, 0.717) is 61.3 Å². The lowest BCUT2D eigenvalue weighted by Crippen LogP contribution is -2.53. The van der Waals surface area contributed by atoms with Gasteiger partial charge in [-0.2, -0.15) is 4.31 Å². The second-order valence-electron chi connectivity index (χ2n) is 11.8. The van der Waals surface area contributed by atoms with Crippen LogP contribution in [0, 0.1) is 24.0 Å². The van der Waals surface area contributed by atoms with Crippen LogP contribution in [0.3, 0.4) is 0 Å². The van der Waals surface area contributed by atoms with Crippen molar-refractivity contribution in [3.8, 4) is 0 Å². The lowest BCUT2D eigenvalue weighted by atomic mass is 9.87. The fraction of sp³-hybridized carbons (Fsp3) is 0.306. The molecular formula is C36H39F2N5O3S. The van der Waals surface area contributed by atoms with Crippen molar-refractivity contribution in [2.24, 2.45) is 0 Å². The number of piperazine rings is 1. The number of pyridine rings is 1. The third-order valence-electron chi connectivity index (χ3n) is 8.60. The second-order valence-corrected chi connectivity index (χ2v) is 13.7. The maximum Gasteiger partial charge on any atom is 0.244 e. The quantitative estimate of drug-likeness (QED) is 0.156. The van der Waals surface area contributed by atoms with Crippen molar-refractivity contribution < 1.29 is 22.0 Å². The van der Waals surface area contributed by atoms with E-state index in [-0.39, 0.29) is 23.3 Å². The summed E-state index contributed by atoms with van der Waals surface area (Å²) in [5.74, 6) is -1.76. The molecule has 0 saturated carbocycles. The Bertz CT molecular complexity index is 1880. The van der Waals surface area contributed by atoms with Gasteiger partial charge >= 0.3 is 0 Å². The predicted molar refractivity (Wildman–Crippen MR) is 180 cm³/mol. The Kier molecular flexibility index (Phi) is 10.9. The number of nitrogens with zero attached hydrogens (tertiary/aromatic N) is 2. The Morgan fingerprint density at radius 2 is 1.85 bits per heavy atom. The first kappa shape index (κ1) is 34.0. The van der Waals surface area contributed by atoms with Crippen LogP contribution in [-0.4, -0.2) is 55.5 Å². The van der Waals surface area contributed by atoms with E-state index in [9.17, 15) is 22.0 Å². The molecule has 3 aromatic carbocycles. The Balaban J connectivity index is 1.33.